The van der Waals surface area contributed by atoms with E-state index < -0.39 is 11.7 Å². The number of hydrogen-bond donors (Lipinski definition) is 2. The largest absolute Gasteiger partial charge is 0.492 e. The van der Waals surface area contributed by atoms with E-state index in [1.54, 1.807) is 24.3 Å². The maximum Gasteiger partial charge on any atom is 0.416 e. The molecule has 1 amide bonds. The second-order valence-electron chi connectivity index (χ2n) is 9.51. The Labute approximate surface area is 251 Å². The molecule has 0 fully saturated rings. The number of anilines is 3. The topological polar surface area (TPSA) is 99.5 Å². The van der Waals surface area contributed by atoms with E-state index in [4.69, 9.17) is 21.1 Å². The normalized spacial score (nSPS) is 11.5. The van der Waals surface area contributed by atoms with E-state index in [9.17, 15) is 23.2 Å². The monoisotopic (exact) mass is 609 g/mol. The van der Waals surface area contributed by atoms with E-state index in [0.717, 1.165) is 12.1 Å². The van der Waals surface area contributed by atoms with Gasteiger partial charge in [0, 0.05) is 36.0 Å². The number of nitriles is 1. The van der Waals surface area contributed by atoms with Crippen LogP contribution in [0.25, 0.3) is 10.9 Å². The van der Waals surface area contributed by atoms with Gasteiger partial charge in [0.1, 0.15) is 23.3 Å². The maximum atomic E-state index is 13.1. The summed E-state index contributed by atoms with van der Waals surface area (Å²) in [6.07, 6.45) is 0.0458. The second-order valence-corrected chi connectivity index (χ2v) is 9.92. The lowest BCUT2D eigenvalue weighted by atomic mass is 10.1. The average Bonchev–Trinajstić information content (AvgIpc) is 2.95. The molecule has 4 aromatic rings. The van der Waals surface area contributed by atoms with Crippen LogP contribution in [-0.4, -0.2) is 43.0 Å². The molecule has 0 saturated heterocycles. The van der Waals surface area contributed by atoms with Gasteiger partial charge in [-0.15, -0.1) is 0 Å². The summed E-state index contributed by atoms with van der Waals surface area (Å²) in [6, 6.07) is 14.5. The zero-order valence-electron chi connectivity index (χ0n) is 23.4. The Morgan fingerprint density at radius 2 is 1.93 bits per heavy atom. The lowest BCUT2D eigenvalue weighted by molar-refractivity contribution is -0.137. The van der Waals surface area contributed by atoms with Crippen LogP contribution in [0.3, 0.4) is 0 Å². The highest BCUT2D eigenvalue weighted by atomic mass is 35.5. The molecule has 222 valence electrons. The van der Waals surface area contributed by atoms with Crippen molar-refractivity contribution in [2.45, 2.75) is 13.1 Å². The third kappa shape index (κ3) is 7.94. The first-order chi connectivity index (χ1) is 20.5. The van der Waals surface area contributed by atoms with Gasteiger partial charge in [-0.2, -0.15) is 18.4 Å². The first kappa shape index (κ1) is 31.2. The van der Waals surface area contributed by atoms with E-state index in [1.807, 2.05) is 25.9 Å². The standard InChI is InChI=1S/C31H27ClF3N5O3/c1-4-42-28-16-25-23(15-26(28)39-29(41)9-6-12-40(2)3)30(19(17-36)18-37-25)38-21-10-11-27(24(32)14-21)43-22-8-5-7-20(13-22)31(33,34)35/h5-11,13-16,18H,4,12H2,1-3H3,(H,37,38)(H,39,41)/b9-6+. The van der Waals surface area contributed by atoms with Crippen LogP contribution in [0.2, 0.25) is 5.02 Å². The van der Waals surface area contributed by atoms with Gasteiger partial charge in [0.15, 0.2) is 0 Å². The predicted octanol–water partition coefficient (Wildman–Crippen LogP) is 7.77. The first-order valence-electron chi connectivity index (χ1n) is 13.0. The molecule has 3 aromatic carbocycles. The van der Waals surface area contributed by atoms with Gasteiger partial charge in [-0.05, 0) is 63.5 Å². The molecule has 0 atom stereocenters. The molecule has 1 heterocycles. The van der Waals surface area contributed by atoms with Crippen molar-refractivity contribution in [1.29, 1.82) is 5.26 Å². The summed E-state index contributed by atoms with van der Waals surface area (Å²) in [5.74, 6) is 0.164. The van der Waals surface area contributed by atoms with Gasteiger partial charge >= 0.3 is 6.18 Å². The zero-order chi connectivity index (χ0) is 31.1. The third-order valence-corrected chi connectivity index (χ3v) is 6.27. The van der Waals surface area contributed by atoms with Crippen LogP contribution in [0.5, 0.6) is 17.2 Å². The summed E-state index contributed by atoms with van der Waals surface area (Å²) in [5, 5.41) is 16.5. The maximum absolute atomic E-state index is 13.1. The number of fused-ring (bicyclic) bond motifs is 1. The Bertz CT molecular complexity index is 1720. The van der Waals surface area contributed by atoms with Crippen molar-refractivity contribution in [1.82, 2.24) is 9.88 Å². The van der Waals surface area contributed by atoms with Crippen LogP contribution in [0.4, 0.5) is 30.2 Å². The number of likely N-dealkylation sites (N-methyl/N-ethyl adjacent to an activating group) is 1. The fourth-order valence-corrected chi connectivity index (χ4v) is 4.24. The molecular formula is C31H27ClF3N5O3. The molecule has 2 N–H and O–H groups in total. The van der Waals surface area contributed by atoms with Gasteiger partial charge in [-0.1, -0.05) is 23.7 Å². The Morgan fingerprint density at radius 1 is 1.14 bits per heavy atom. The number of carbonyl (C=O) groups is 1. The highest BCUT2D eigenvalue weighted by Crippen LogP contribution is 2.39. The molecule has 0 bridgehead atoms. The number of carbonyl (C=O) groups excluding carboxylic acids is 1. The molecule has 4 rings (SSSR count). The van der Waals surface area contributed by atoms with Crippen molar-refractivity contribution in [3.63, 3.8) is 0 Å². The molecule has 0 aliphatic heterocycles. The zero-order valence-corrected chi connectivity index (χ0v) is 24.2. The molecule has 1 aromatic heterocycles. The summed E-state index contributed by atoms with van der Waals surface area (Å²) >= 11 is 6.43. The van der Waals surface area contributed by atoms with Crippen LogP contribution >= 0.6 is 11.6 Å². The smallest absolute Gasteiger partial charge is 0.416 e. The number of ether oxygens (including phenoxy) is 2. The Balaban J connectivity index is 1.67. The quantitative estimate of drug-likeness (QED) is 0.177. The summed E-state index contributed by atoms with van der Waals surface area (Å²) in [4.78, 5) is 18.9. The Kier molecular flexibility index (Phi) is 9.75. The average molecular weight is 610 g/mol. The SMILES string of the molecule is CCOc1cc2ncc(C#N)c(Nc3ccc(Oc4cccc(C(F)(F)F)c4)c(Cl)c3)c2cc1NC(=O)/C=C/CN(C)C. The molecule has 0 radical (unpaired) electrons. The van der Waals surface area contributed by atoms with E-state index >= 15 is 0 Å². The van der Waals surface area contributed by atoms with Crippen molar-refractivity contribution in [2.24, 2.45) is 0 Å². The molecule has 0 aliphatic rings. The summed E-state index contributed by atoms with van der Waals surface area (Å²) in [7, 11) is 3.77. The van der Waals surface area contributed by atoms with Gasteiger partial charge in [-0.3, -0.25) is 9.78 Å². The van der Waals surface area contributed by atoms with Crippen molar-refractivity contribution in [3.8, 4) is 23.3 Å². The number of benzene rings is 3. The number of amides is 1. The number of alkyl halides is 3. The number of nitrogens with one attached hydrogen (secondary N) is 2. The van der Waals surface area contributed by atoms with E-state index in [2.05, 4.69) is 21.7 Å². The Hall–Kier alpha value is -4.79. The lowest BCUT2D eigenvalue weighted by Gasteiger charge is -2.16. The minimum absolute atomic E-state index is 0.0273. The van der Waals surface area contributed by atoms with E-state index in [1.165, 1.54) is 36.5 Å². The summed E-state index contributed by atoms with van der Waals surface area (Å²) in [6.45, 7) is 2.75. The molecule has 43 heavy (non-hydrogen) atoms. The predicted molar refractivity (Wildman–Crippen MR) is 160 cm³/mol. The highest BCUT2D eigenvalue weighted by molar-refractivity contribution is 6.32. The van der Waals surface area contributed by atoms with Crippen molar-refractivity contribution < 1.29 is 27.4 Å². The summed E-state index contributed by atoms with van der Waals surface area (Å²) in [5.41, 5.74) is 1.13. The van der Waals surface area contributed by atoms with E-state index in [-0.39, 0.29) is 28.0 Å². The van der Waals surface area contributed by atoms with Crippen LogP contribution in [0, 0.1) is 11.3 Å². The van der Waals surface area contributed by atoms with Gasteiger partial charge in [-0.25, -0.2) is 0 Å². The fraction of sp³-hybridized carbons (Fsp3) is 0.194. The number of rotatable bonds is 10. The van der Waals surface area contributed by atoms with Crippen molar-refractivity contribution in [2.75, 3.05) is 37.9 Å². The molecule has 0 saturated carbocycles. The highest BCUT2D eigenvalue weighted by Gasteiger charge is 2.30. The third-order valence-electron chi connectivity index (χ3n) is 5.98. The van der Waals surface area contributed by atoms with Crippen LogP contribution in [-0.2, 0) is 11.0 Å². The number of nitrogens with zero attached hydrogens (tertiary/aromatic N) is 3. The molecular weight excluding hydrogens is 583 g/mol. The number of aromatic nitrogens is 1. The molecule has 12 heteroatoms. The number of pyridine rings is 1. The molecule has 8 nitrogen and oxygen atoms in total. The molecule has 0 spiro atoms. The number of hydrogen-bond acceptors (Lipinski definition) is 7. The van der Waals surface area contributed by atoms with Gasteiger partial charge in [0.2, 0.25) is 5.91 Å². The van der Waals surface area contributed by atoms with Gasteiger partial charge in [0.25, 0.3) is 0 Å². The molecule has 0 unspecified atom stereocenters. The van der Waals surface area contributed by atoms with Crippen molar-refractivity contribution in [3.05, 3.63) is 89.1 Å². The van der Waals surface area contributed by atoms with Crippen LogP contribution < -0.4 is 20.1 Å². The second kappa shape index (κ2) is 13.5. The fourth-order valence-electron chi connectivity index (χ4n) is 4.03. The Morgan fingerprint density at radius 3 is 2.60 bits per heavy atom. The van der Waals surface area contributed by atoms with Gasteiger partial charge in [0.05, 0.1) is 39.6 Å². The number of halogens is 4. The molecule has 0 aliphatic carbocycles. The first-order valence-corrected chi connectivity index (χ1v) is 13.4. The van der Waals surface area contributed by atoms with Crippen LogP contribution in [0.15, 0.2) is 72.9 Å². The van der Waals surface area contributed by atoms with Crippen molar-refractivity contribution >= 4 is 45.5 Å². The van der Waals surface area contributed by atoms with E-state index in [0.29, 0.717) is 46.9 Å². The minimum Gasteiger partial charge on any atom is -0.492 e. The minimum atomic E-state index is -4.52. The summed E-state index contributed by atoms with van der Waals surface area (Å²) < 4.78 is 50.6. The van der Waals surface area contributed by atoms with Gasteiger partial charge < -0.3 is 25.0 Å². The lowest BCUT2D eigenvalue weighted by Crippen LogP contribution is -2.13. The van der Waals surface area contributed by atoms with Crippen LogP contribution in [0.1, 0.15) is 18.1 Å².